The van der Waals surface area contributed by atoms with Crippen LogP contribution in [0.2, 0.25) is 0 Å². The third kappa shape index (κ3) is 5.19. The van der Waals surface area contributed by atoms with E-state index in [2.05, 4.69) is 27.8 Å². The van der Waals surface area contributed by atoms with Crippen molar-refractivity contribution in [2.24, 2.45) is 5.73 Å². The Labute approximate surface area is 180 Å². The molecule has 0 bridgehead atoms. The largest absolute Gasteiger partial charge is 0.381 e. The highest BCUT2D eigenvalue weighted by molar-refractivity contribution is 5.98. The maximum Gasteiger partial charge on any atom is 0.252 e. The van der Waals surface area contributed by atoms with Gasteiger partial charge in [0.2, 0.25) is 0 Å². The molecule has 1 fully saturated rings. The molecule has 0 radical (unpaired) electrons. The SMILES string of the molecule is NC(=O)c1cnc(Nc2cccc(C3CCOCC3)c2)cc1NCc1ccccc1F. The third-order valence-corrected chi connectivity index (χ3v) is 5.45. The van der Waals surface area contributed by atoms with Crippen molar-refractivity contribution in [1.29, 1.82) is 0 Å². The van der Waals surface area contributed by atoms with Gasteiger partial charge in [-0.3, -0.25) is 4.79 Å². The number of halogens is 1. The van der Waals surface area contributed by atoms with Gasteiger partial charge >= 0.3 is 0 Å². The van der Waals surface area contributed by atoms with E-state index in [1.54, 1.807) is 24.3 Å². The van der Waals surface area contributed by atoms with Crippen LogP contribution in [0.15, 0.2) is 60.8 Å². The average Bonchev–Trinajstić information content (AvgIpc) is 2.79. The van der Waals surface area contributed by atoms with Crippen molar-refractivity contribution in [2.75, 3.05) is 23.8 Å². The predicted molar refractivity (Wildman–Crippen MR) is 119 cm³/mol. The molecular formula is C24H25FN4O2. The van der Waals surface area contributed by atoms with Gasteiger partial charge in [-0.25, -0.2) is 9.37 Å². The first-order valence-corrected chi connectivity index (χ1v) is 10.3. The number of nitrogens with two attached hydrogens (primary N) is 1. The molecule has 3 aromatic rings. The van der Waals surface area contributed by atoms with Gasteiger partial charge in [-0.05, 0) is 42.5 Å². The first kappa shape index (κ1) is 20.8. The molecular weight excluding hydrogens is 395 g/mol. The maximum atomic E-state index is 13.9. The second-order valence-electron chi connectivity index (χ2n) is 7.56. The Kier molecular flexibility index (Phi) is 6.43. The van der Waals surface area contributed by atoms with E-state index in [-0.39, 0.29) is 17.9 Å². The van der Waals surface area contributed by atoms with Crippen molar-refractivity contribution in [2.45, 2.75) is 25.3 Å². The van der Waals surface area contributed by atoms with Gasteiger partial charge in [0.1, 0.15) is 11.6 Å². The summed E-state index contributed by atoms with van der Waals surface area (Å²) in [7, 11) is 0. The van der Waals surface area contributed by atoms with Crippen LogP contribution < -0.4 is 16.4 Å². The molecule has 160 valence electrons. The summed E-state index contributed by atoms with van der Waals surface area (Å²) in [6.07, 6.45) is 3.45. The number of amides is 1. The van der Waals surface area contributed by atoms with E-state index in [0.29, 0.717) is 23.0 Å². The van der Waals surface area contributed by atoms with Gasteiger partial charge in [-0.15, -0.1) is 0 Å². The highest BCUT2D eigenvalue weighted by Crippen LogP contribution is 2.30. The zero-order valence-corrected chi connectivity index (χ0v) is 17.1. The lowest BCUT2D eigenvalue weighted by Gasteiger charge is -2.23. The number of anilines is 3. The van der Waals surface area contributed by atoms with Crippen LogP contribution in [0, 0.1) is 5.82 Å². The van der Waals surface area contributed by atoms with Crippen molar-refractivity contribution >= 4 is 23.1 Å². The van der Waals surface area contributed by atoms with E-state index >= 15 is 0 Å². The van der Waals surface area contributed by atoms with Crippen molar-refractivity contribution in [1.82, 2.24) is 4.98 Å². The summed E-state index contributed by atoms with van der Waals surface area (Å²) < 4.78 is 19.4. The van der Waals surface area contributed by atoms with E-state index in [0.717, 1.165) is 31.7 Å². The fourth-order valence-corrected chi connectivity index (χ4v) is 3.75. The van der Waals surface area contributed by atoms with Gasteiger partial charge in [0.05, 0.1) is 11.3 Å². The van der Waals surface area contributed by atoms with Gasteiger partial charge in [0.15, 0.2) is 0 Å². The lowest BCUT2D eigenvalue weighted by molar-refractivity contribution is 0.0853. The lowest BCUT2D eigenvalue weighted by Crippen LogP contribution is -2.15. The van der Waals surface area contributed by atoms with Crippen LogP contribution in [0.1, 0.15) is 40.2 Å². The number of aromatic nitrogens is 1. The molecule has 0 saturated carbocycles. The van der Waals surface area contributed by atoms with Crippen LogP contribution in [0.4, 0.5) is 21.6 Å². The van der Waals surface area contributed by atoms with Gasteiger partial charge in [-0.2, -0.15) is 0 Å². The molecule has 1 aliphatic rings. The molecule has 7 heteroatoms. The Morgan fingerprint density at radius 1 is 1.13 bits per heavy atom. The van der Waals surface area contributed by atoms with Crippen LogP contribution in [0.25, 0.3) is 0 Å². The zero-order chi connectivity index (χ0) is 21.6. The van der Waals surface area contributed by atoms with Crippen LogP contribution in [-0.2, 0) is 11.3 Å². The first-order valence-electron chi connectivity index (χ1n) is 10.3. The summed E-state index contributed by atoms with van der Waals surface area (Å²) >= 11 is 0. The standard InChI is InChI=1S/C24H25FN4O2/c25-21-7-2-1-4-18(21)14-27-22-13-23(28-15-20(22)24(26)30)29-19-6-3-5-17(12-19)16-8-10-31-11-9-16/h1-7,12-13,15-16H,8-11,14H2,(H2,26,30)(H2,27,28,29). The smallest absolute Gasteiger partial charge is 0.252 e. The van der Waals surface area contributed by atoms with Gasteiger partial charge in [-0.1, -0.05) is 30.3 Å². The molecule has 1 amide bonds. The van der Waals surface area contributed by atoms with Crippen LogP contribution >= 0.6 is 0 Å². The highest BCUT2D eigenvalue weighted by Gasteiger charge is 2.16. The monoisotopic (exact) mass is 420 g/mol. The number of hydrogen-bond acceptors (Lipinski definition) is 5. The minimum atomic E-state index is -0.600. The number of carbonyl (C=O) groups excluding carboxylic acids is 1. The molecule has 0 atom stereocenters. The van der Waals surface area contributed by atoms with E-state index < -0.39 is 5.91 Å². The van der Waals surface area contributed by atoms with Crippen LogP contribution in [0.3, 0.4) is 0 Å². The molecule has 4 N–H and O–H groups in total. The number of nitrogens with zero attached hydrogens (tertiary/aromatic N) is 1. The van der Waals surface area contributed by atoms with Crippen molar-refractivity contribution < 1.29 is 13.9 Å². The number of nitrogens with one attached hydrogen (secondary N) is 2. The molecule has 0 spiro atoms. The topological polar surface area (TPSA) is 89.3 Å². The lowest BCUT2D eigenvalue weighted by atomic mass is 9.91. The Morgan fingerprint density at radius 3 is 2.71 bits per heavy atom. The summed E-state index contributed by atoms with van der Waals surface area (Å²) in [6.45, 7) is 1.79. The summed E-state index contributed by atoms with van der Waals surface area (Å²) in [4.78, 5) is 16.2. The molecule has 2 heterocycles. The quantitative estimate of drug-likeness (QED) is 0.521. The number of pyridine rings is 1. The molecule has 1 aliphatic heterocycles. The Balaban J connectivity index is 1.53. The molecule has 6 nitrogen and oxygen atoms in total. The summed E-state index contributed by atoms with van der Waals surface area (Å²) in [5, 5.41) is 6.40. The van der Waals surface area contributed by atoms with Crippen molar-refractivity contribution in [3.05, 3.63) is 83.3 Å². The molecule has 1 saturated heterocycles. The van der Waals surface area contributed by atoms with Gasteiger partial charge < -0.3 is 21.1 Å². The minimum absolute atomic E-state index is 0.218. The fraction of sp³-hybridized carbons (Fsp3) is 0.250. The average molecular weight is 420 g/mol. The third-order valence-electron chi connectivity index (χ3n) is 5.45. The number of primary amides is 1. The van der Waals surface area contributed by atoms with Crippen molar-refractivity contribution in [3.63, 3.8) is 0 Å². The molecule has 1 aromatic heterocycles. The minimum Gasteiger partial charge on any atom is -0.381 e. The predicted octanol–water partition coefficient (Wildman–Crippen LogP) is 4.57. The summed E-state index contributed by atoms with van der Waals surface area (Å²) in [6, 6.07) is 16.4. The maximum absolute atomic E-state index is 13.9. The van der Waals surface area contributed by atoms with E-state index in [1.165, 1.54) is 17.8 Å². The molecule has 4 rings (SSSR count). The molecule has 0 aliphatic carbocycles. The Morgan fingerprint density at radius 2 is 1.94 bits per heavy atom. The Hall–Kier alpha value is -3.45. The number of hydrogen-bond donors (Lipinski definition) is 3. The first-order chi connectivity index (χ1) is 15.1. The summed E-state index contributed by atoms with van der Waals surface area (Å²) in [5.74, 6) is 0.133. The second kappa shape index (κ2) is 9.57. The molecule has 0 unspecified atom stereocenters. The molecule has 31 heavy (non-hydrogen) atoms. The zero-order valence-electron chi connectivity index (χ0n) is 17.1. The number of carbonyl (C=O) groups is 1. The number of rotatable bonds is 7. The normalized spacial score (nSPS) is 14.2. The number of ether oxygens (including phenoxy) is 1. The van der Waals surface area contributed by atoms with E-state index in [1.807, 2.05) is 12.1 Å². The molecule has 2 aromatic carbocycles. The Bertz CT molecular complexity index is 1070. The van der Waals surface area contributed by atoms with Crippen LogP contribution in [0.5, 0.6) is 0 Å². The van der Waals surface area contributed by atoms with Gasteiger partial charge in [0.25, 0.3) is 5.91 Å². The van der Waals surface area contributed by atoms with Gasteiger partial charge in [0, 0.05) is 43.3 Å². The highest BCUT2D eigenvalue weighted by atomic mass is 19.1. The fourth-order valence-electron chi connectivity index (χ4n) is 3.75. The second-order valence-corrected chi connectivity index (χ2v) is 7.56. The van der Waals surface area contributed by atoms with E-state index in [9.17, 15) is 9.18 Å². The van der Waals surface area contributed by atoms with Crippen LogP contribution in [-0.4, -0.2) is 24.1 Å². The number of benzene rings is 2. The van der Waals surface area contributed by atoms with Crippen molar-refractivity contribution in [3.8, 4) is 0 Å². The van der Waals surface area contributed by atoms with E-state index in [4.69, 9.17) is 10.5 Å². The summed E-state index contributed by atoms with van der Waals surface area (Å²) in [5.41, 5.74) is 8.90.